The van der Waals surface area contributed by atoms with Gasteiger partial charge in [-0.2, -0.15) is 5.26 Å². The molecule has 0 N–H and O–H groups in total. The second-order valence-electron chi connectivity index (χ2n) is 3.95. The lowest BCUT2D eigenvalue weighted by Crippen LogP contribution is -2.15. The van der Waals surface area contributed by atoms with Crippen LogP contribution in [0.5, 0.6) is 0 Å². The molecule has 6 heteroatoms. The quantitative estimate of drug-likeness (QED) is 0.791. The van der Waals surface area contributed by atoms with E-state index >= 15 is 0 Å². The molecule has 1 heterocycles. The van der Waals surface area contributed by atoms with E-state index in [-0.39, 0.29) is 5.82 Å². The van der Waals surface area contributed by atoms with E-state index < -0.39 is 5.97 Å². The standard InChI is InChI=1S/C14H12N4O2/c1-18(11-5-3-10(9-15)4-6-11)12-7-8-16-13(17-12)14(19)20-2/h3-8H,1-2H3. The number of anilines is 2. The van der Waals surface area contributed by atoms with Crippen LogP contribution in [0.3, 0.4) is 0 Å². The van der Waals surface area contributed by atoms with Gasteiger partial charge in [0.2, 0.25) is 5.82 Å². The zero-order valence-corrected chi connectivity index (χ0v) is 11.1. The maximum Gasteiger partial charge on any atom is 0.376 e. The Morgan fingerprint density at radius 3 is 2.60 bits per heavy atom. The van der Waals surface area contributed by atoms with E-state index in [1.807, 2.05) is 7.05 Å². The van der Waals surface area contributed by atoms with E-state index in [9.17, 15) is 4.79 Å². The number of benzene rings is 1. The minimum Gasteiger partial charge on any atom is -0.463 e. The number of ether oxygens (including phenoxy) is 1. The van der Waals surface area contributed by atoms with Crippen molar-refractivity contribution in [1.29, 1.82) is 5.26 Å². The summed E-state index contributed by atoms with van der Waals surface area (Å²) in [6.07, 6.45) is 1.49. The molecule has 0 atom stereocenters. The van der Waals surface area contributed by atoms with E-state index in [2.05, 4.69) is 20.8 Å². The molecular formula is C14H12N4O2. The molecule has 20 heavy (non-hydrogen) atoms. The van der Waals surface area contributed by atoms with E-state index in [0.717, 1.165) is 5.69 Å². The van der Waals surface area contributed by atoms with Gasteiger partial charge in [0.15, 0.2) is 0 Å². The third kappa shape index (κ3) is 2.72. The normalized spacial score (nSPS) is 9.65. The Hall–Kier alpha value is -2.94. The Morgan fingerprint density at radius 2 is 2.00 bits per heavy atom. The highest BCUT2D eigenvalue weighted by Crippen LogP contribution is 2.21. The number of nitrogens with zero attached hydrogens (tertiary/aromatic N) is 4. The first-order valence-electron chi connectivity index (χ1n) is 5.81. The zero-order chi connectivity index (χ0) is 14.5. The highest BCUT2D eigenvalue weighted by atomic mass is 16.5. The van der Waals surface area contributed by atoms with Crippen LogP contribution < -0.4 is 4.90 Å². The summed E-state index contributed by atoms with van der Waals surface area (Å²) in [5, 5.41) is 8.77. The Labute approximate surface area is 116 Å². The van der Waals surface area contributed by atoms with E-state index in [4.69, 9.17) is 5.26 Å². The van der Waals surface area contributed by atoms with Crippen molar-refractivity contribution in [2.75, 3.05) is 19.1 Å². The number of carbonyl (C=O) groups excluding carboxylic acids is 1. The predicted octanol–water partition coefficient (Wildman–Crippen LogP) is 1.90. The van der Waals surface area contributed by atoms with Gasteiger partial charge in [0.1, 0.15) is 5.82 Å². The fraction of sp³-hybridized carbons (Fsp3) is 0.143. The molecule has 0 aliphatic heterocycles. The van der Waals surface area contributed by atoms with Crippen molar-refractivity contribution in [3.8, 4) is 6.07 Å². The van der Waals surface area contributed by atoms with Gasteiger partial charge in [0.25, 0.3) is 0 Å². The van der Waals surface area contributed by atoms with Gasteiger partial charge in [-0.05, 0) is 30.3 Å². The van der Waals surface area contributed by atoms with Gasteiger partial charge < -0.3 is 9.64 Å². The van der Waals surface area contributed by atoms with E-state index in [1.54, 1.807) is 35.2 Å². The molecule has 1 aromatic carbocycles. The molecule has 2 rings (SSSR count). The average Bonchev–Trinajstić information content (AvgIpc) is 2.53. The van der Waals surface area contributed by atoms with Gasteiger partial charge in [-0.25, -0.2) is 14.8 Å². The first-order valence-corrected chi connectivity index (χ1v) is 5.81. The first-order chi connectivity index (χ1) is 9.65. The van der Waals surface area contributed by atoms with Crippen LogP contribution in [-0.4, -0.2) is 30.1 Å². The van der Waals surface area contributed by atoms with Crippen LogP contribution in [0.2, 0.25) is 0 Å². The van der Waals surface area contributed by atoms with Crippen LogP contribution in [0.1, 0.15) is 16.2 Å². The summed E-state index contributed by atoms with van der Waals surface area (Å²) in [6, 6.07) is 10.8. The van der Waals surface area contributed by atoms with Crippen LogP contribution in [0.25, 0.3) is 0 Å². The van der Waals surface area contributed by atoms with Crippen LogP contribution in [-0.2, 0) is 4.74 Å². The fourth-order valence-corrected chi connectivity index (χ4v) is 1.62. The number of carbonyl (C=O) groups is 1. The molecule has 0 radical (unpaired) electrons. The van der Waals surface area contributed by atoms with Gasteiger partial charge in [-0.3, -0.25) is 0 Å². The minimum absolute atomic E-state index is 0.00509. The molecule has 0 aliphatic carbocycles. The van der Waals surface area contributed by atoms with Gasteiger partial charge in [-0.15, -0.1) is 0 Å². The molecule has 0 bridgehead atoms. The number of aromatic nitrogens is 2. The van der Waals surface area contributed by atoms with Gasteiger partial charge in [0.05, 0.1) is 18.7 Å². The summed E-state index contributed by atoms with van der Waals surface area (Å²) in [6.45, 7) is 0. The molecule has 0 amide bonds. The number of esters is 1. The van der Waals surface area contributed by atoms with Gasteiger partial charge in [0, 0.05) is 18.9 Å². The summed E-state index contributed by atoms with van der Waals surface area (Å²) in [4.78, 5) is 21.2. The molecule has 1 aromatic heterocycles. The van der Waals surface area contributed by atoms with Gasteiger partial charge >= 0.3 is 5.97 Å². The number of hydrogen-bond acceptors (Lipinski definition) is 6. The molecule has 100 valence electrons. The first kappa shape index (κ1) is 13.5. The maximum atomic E-state index is 11.4. The third-order valence-corrected chi connectivity index (χ3v) is 2.74. The minimum atomic E-state index is -0.583. The molecule has 0 fully saturated rings. The molecule has 6 nitrogen and oxygen atoms in total. The number of hydrogen-bond donors (Lipinski definition) is 0. The number of nitriles is 1. The number of rotatable bonds is 3. The summed E-state index contributed by atoms with van der Waals surface area (Å²) < 4.78 is 4.59. The Balaban J connectivity index is 2.30. The second-order valence-corrected chi connectivity index (χ2v) is 3.95. The smallest absolute Gasteiger partial charge is 0.376 e. The molecule has 0 unspecified atom stereocenters. The van der Waals surface area contributed by atoms with Crippen molar-refractivity contribution < 1.29 is 9.53 Å². The largest absolute Gasteiger partial charge is 0.463 e. The average molecular weight is 268 g/mol. The maximum absolute atomic E-state index is 11.4. The van der Waals surface area contributed by atoms with E-state index in [1.165, 1.54) is 13.3 Å². The molecule has 0 saturated carbocycles. The van der Waals surface area contributed by atoms with Crippen molar-refractivity contribution in [1.82, 2.24) is 9.97 Å². The Kier molecular flexibility index (Phi) is 3.91. The summed E-state index contributed by atoms with van der Waals surface area (Å²) >= 11 is 0. The van der Waals surface area contributed by atoms with Crippen LogP contribution in [0.4, 0.5) is 11.5 Å². The third-order valence-electron chi connectivity index (χ3n) is 2.74. The number of methoxy groups -OCH3 is 1. The molecule has 0 saturated heterocycles. The Bertz CT molecular complexity index is 662. The van der Waals surface area contributed by atoms with Crippen molar-refractivity contribution in [2.24, 2.45) is 0 Å². The topological polar surface area (TPSA) is 79.1 Å². The highest BCUT2D eigenvalue weighted by molar-refractivity contribution is 5.85. The summed E-state index contributed by atoms with van der Waals surface area (Å²) in [5.74, 6) is -0.0179. The highest BCUT2D eigenvalue weighted by Gasteiger charge is 2.12. The lowest BCUT2D eigenvalue weighted by atomic mass is 10.2. The Morgan fingerprint density at radius 1 is 1.30 bits per heavy atom. The summed E-state index contributed by atoms with van der Waals surface area (Å²) in [5.41, 5.74) is 1.43. The van der Waals surface area contributed by atoms with Crippen LogP contribution >= 0.6 is 0 Å². The van der Waals surface area contributed by atoms with Crippen molar-refractivity contribution >= 4 is 17.5 Å². The van der Waals surface area contributed by atoms with Crippen molar-refractivity contribution in [3.63, 3.8) is 0 Å². The zero-order valence-electron chi connectivity index (χ0n) is 11.1. The second kappa shape index (κ2) is 5.80. The molecule has 2 aromatic rings. The summed E-state index contributed by atoms with van der Waals surface area (Å²) in [7, 11) is 3.09. The van der Waals surface area contributed by atoms with Crippen LogP contribution in [0.15, 0.2) is 36.5 Å². The van der Waals surface area contributed by atoms with Crippen molar-refractivity contribution in [2.45, 2.75) is 0 Å². The fourth-order valence-electron chi connectivity index (χ4n) is 1.62. The predicted molar refractivity (Wildman–Crippen MR) is 72.6 cm³/mol. The lowest BCUT2D eigenvalue weighted by molar-refractivity contribution is 0.0587. The van der Waals surface area contributed by atoms with E-state index in [0.29, 0.717) is 11.4 Å². The SMILES string of the molecule is COC(=O)c1nccc(N(C)c2ccc(C#N)cc2)n1. The van der Waals surface area contributed by atoms with Crippen LogP contribution in [0, 0.1) is 11.3 Å². The van der Waals surface area contributed by atoms with Gasteiger partial charge in [-0.1, -0.05) is 0 Å². The molecular weight excluding hydrogens is 256 g/mol. The molecule has 0 spiro atoms. The van der Waals surface area contributed by atoms with Crippen molar-refractivity contribution in [3.05, 3.63) is 47.9 Å². The monoisotopic (exact) mass is 268 g/mol. The molecule has 0 aliphatic rings. The lowest BCUT2D eigenvalue weighted by Gasteiger charge is -2.18.